The number of aliphatic hydroxyl groups is 1. The van der Waals surface area contributed by atoms with Gasteiger partial charge in [-0.3, -0.25) is 0 Å². The molecule has 154 valence electrons. The first kappa shape index (κ1) is 22.5. The first-order valence-electron chi connectivity index (χ1n) is 10.6. The van der Waals surface area contributed by atoms with E-state index in [2.05, 4.69) is 24.0 Å². The molecule has 0 atom stereocenters. The number of aliphatic hydroxyl groups excluding tert-OH is 1. The number of halogens is 2. The maximum atomic E-state index is 13.8. The SMILES string of the molecule is CCCCCC1CCC(c2ccc(-c3ccc(F)nc3F)cc2)CC1.CCO. The lowest BCUT2D eigenvalue weighted by molar-refractivity contribution is 0.303. The van der Waals surface area contributed by atoms with Crippen LogP contribution in [0.4, 0.5) is 8.78 Å². The van der Waals surface area contributed by atoms with Gasteiger partial charge in [0.2, 0.25) is 11.9 Å². The maximum absolute atomic E-state index is 13.8. The Hall–Kier alpha value is -1.81. The molecular weight excluding hydrogens is 356 g/mol. The molecule has 1 aromatic heterocycles. The summed E-state index contributed by atoms with van der Waals surface area (Å²) < 4.78 is 26.8. The molecule has 1 aromatic carbocycles. The van der Waals surface area contributed by atoms with E-state index in [9.17, 15) is 8.78 Å². The van der Waals surface area contributed by atoms with Crippen molar-refractivity contribution in [2.45, 2.75) is 71.1 Å². The van der Waals surface area contributed by atoms with Crippen molar-refractivity contribution in [1.29, 1.82) is 0 Å². The van der Waals surface area contributed by atoms with Gasteiger partial charge in [0.25, 0.3) is 0 Å². The summed E-state index contributed by atoms with van der Waals surface area (Å²) in [5.41, 5.74) is 2.45. The van der Waals surface area contributed by atoms with Crippen molar-refractivity contribution in [3.63, 3.8) is 0 Å². The topological polar surface area (TPSA) is 33.1 Å². The van der Waals surface area contributed by atoms with Crippen molar-refractivity contribution in [2.75, 3.05) is 6.61 Å². The minimum absolute atomic E-state index is 0.250. The van der Waals surface area contributed by atoms with Gasteiger partial charge in [-0.15, -0.1) is 0 Å². The number of pyridine rings is 1. The number of unbranched alkanes of at least 4 members (excludes halogenated alkanes) is 2. The Labute approximate surface area is 168 Å². The van der Waals surface area contributed by atoms with E-state index in [1.165, 1.54) is 69.1 Å². The third-order valence-electron chi connectivity index (χ3n) is 5.57. The fourth-order valence-corrected chi connectivity index (χ4v) is 4.03. The van der Waals surface area contributed by atoms with E-state index in [4.69, 9.17) is 5.11 Å². The standard InChI is InChI=1S/C22H27F2N.C2H6O/c1-2-3-4-5-16-6-8-17(9-7-16)18-10-12-19(13-11-18)20-14-15-21(23)25-22(20)24;1-2-3/h10-17H,2-9H2,1H3;3H,2H2,1H3. The molecule has 0 radical (unpaired) electrons. The molecule has 2 nitrogen and oxygen atoms in total. The zero-order chi connectivity index (χ0) is 20.4. The quantitative estimate of drug-likeness (QED) is 0.431. The summed E-state index contributed by atoms with van der Waals surface area (Å²) in [5.74, 6) is -0.0111. The van der Waals surface area contributed by atoms with Gasteiger partial charge in [-0.25, -0.2) is 0 Å². The second kappa shape index (κ2) is 11.9. The van der Waals surface area contributed by atoms with Crippen LogP contribution in [0.3, 0.4) is 0 Å². The third-order valence-corrected chi connectivity index (χ3v) is 5.57. The molecule has 1 fully saturated rings. The van der Waals surface area contributed by atoms with Gasteiger partial charge in [0.15, 0.2) is 0 Å². The molecule has 0 bridgehead atoms. The Morgan fingerprint density at radius 3 is 2.14 bits per heavy atom. The number of hydrogen-bond acceptors (Lipinski definition) is 2. The number of benzene rings is 1. The third kappa shape index (κ3) is 6.66. The van der Waals surface area contributed by atoms with Crippen molar-refractivity contribution in [3.05, 3.63) is 53.9 Å². The van der Waals surface area contributed by atoms with Gasteiger partial charge < -0.3 is 5.11 Å². The molecule has 28 heavy (non-hydrogen) atoms. The highest BCUT2D eigenvalue weighted by Crippen LogP contribution is 2.38. The fourth-order valence-electron chi connectivity index (χ4n) is 4.03. The molecule has 0 saturated heterocycles. The highest BCUT2D eigenvalue weighted by atomic mass is 19.1. The second-order valence-corrected chi connectivity index (χ2v) is 7.62. The zero-order valence-corrected chi connectivity index (χ0v) is 17.1. The van der Waals surface area contributed by atoms with Crippen molar-refractivity contribution in [3.8, 4) is 11.1 Å². The summed E-state index contributed by atoms with van der Waals surface area (Å²) >= 11 is 0. The fraction of sp³-hybridized carbons (Fsp3) is 0.542. The van der Waals surface area contributed by atoms with E-state index >= 15 is 0 Å². The predicted molar refractivity (Wildman–Crippen MR) is 111 cm³/mol. The van der Waals surface area contributed by atoms with Crippen molar-refractivity contribution in [1.82, 2.24) is 4.98 Å². The maximum Gasteiger partial charge on any atom is 0.223 e. The van der Waals surface area contributed by atoms with Crippen LogP contribution < -0.4 is 0 Å². The summed E-state index contributed by atoms with van der Waals surface area (Å²) in [5, 5.41) is 7.57. The molecule has 2 aromatic rings. The van der Waals surface area contributed by atoms with Crippen molar-refractivity contribution < 1.29 is 13.9 Å². The summed E-state index contributed by atoms with van der Waals surface area (Å²) in [6.07, 6.45) is 10.6. The predicted octanol–water partition coefficient (Wildman–Crippen LogP) is 6.88. The molecule has 3 rings (SSSR count). The van der Waals surface area contributed by atoms with Crippen LogP contribution in [0.1, 0.15) is 76.7 Å². The van der Waals surface area contributed by atoms with Crippen molar-refractivity contribution >= 4 is 0 Å². The Balaban J connectivity index is 0.000000878. The van der Waals surface area contributed by atoms with Crippen molar-refractivity contribution in [2.24, 2.45) is 5.92 Å². The zero-order valence-electron chi connectivity index (χ0n) is 17.1. The highest BCUT2D eigenvalue weighted by Gasteiger charge is 2.22. The minimum atomic E-state index is -0.784. The van der Waals surface area contributed by atoms with Crippen LogP contribution in [-0.2, 0) is 0 Å². The van der Waals surface area contributed by atoms with Gasteiger partial charge in [0.05, 0.1) is 0 Å². The molecule has 4 heteroatoms. The molecule has 0 aliphatic heterocycles. The lowest BCUT2D eigenvalue weighted by atomic mass is 9.77. The molecule has 0 unspecified atom stereocenters. The number of rotatable bonds is 6. The smallest absolute Gasteiger partial charge is 0.223 e. The first-order chi connectivity index (χ1) is 13.6. The van der Waals surface area contributed by atoms with E-state index in [1.807, 2.05) is 12.1 Å². The normalized spacial score (nSPS) is 19.0. The van der Waals surface area contributed by atoms with Crippen LogP contribution in [-0.4, -0.2) is 16.7 Å². The van der Waals surface area contributed by atoms with Crippen LogP contribution in [0.25, 0.3) is 11.1 Å². The van der Waals surface area contributed by atoms with Crippen LogP contribution >= 0.6 is 0 Å². The average molecular weight is 390 g/mol. The number of nitrogens with zero attached hydrogens (tertiary/aromatic N) is 1. The average Bonchev–Trinajstić information content (AvgIpc) is 2.70. The summed E-state index contributed by atoms with van der Waals surface area (Å²) in [6.45, 7) is 4.19. The number of aromatic nitrogens is 1. The molecule has 1 heterocycles. The number of hydrogen-bond donors (Lipinski definition) is 1. The summed E-state index contributed by atoms with van der Waals surface area (Å²) in [7, 11) is 0. The van der Waals surface area contributed by atoms with Gasteiger partial charge in [0, 0.05) is 12.2 Å². The summed E-state index contributed by atoms with van der Waals surface area (Å²) in [6, 6.07) is 10.7. The molecule has 0 amide bonds. The minimum Gasteiger partial charge on any atom is -0.397 e. The van der Waals surface area contributed by atoms with Crippen LogP contribution in [0.15, 0.2) is 36.4 Å². The van der Waals surface area contributed by atoms with Gasteiger partial charge in [-0.1, -0.05) is 56.9 Å². The van der Waals surface area contributed by atoms with E-state index in [1.54, 1.807) is 6.92 Å². The molecule has 0 spiro atoms. The lowest BCUT2D eigenvalue weighted by Gasteiger charge is -2.29. The van der Waals surface area contributed by atoms with E-state index in [-0.39, 0.29) is 6.61 Å². The Kier molecular flexibility index (Phi) is 9.56. The Morgan fingerprint density at radius 1 is 0.929 bits per heavy atom. The lowest BCUT2D eigenvalue weighted by Crippen LogP contribution is -2.13. The monoisotopic (exact) mass is 389 g/mol. The second-order valence-electron chi connectivity index (χ2n) is 7.62. The highest BCUT2D eigenvalue weighted by molar-refractivity contribution is 5.63. The first-order valence-corrected chi connectivity index (χ1v) is 10.6. The summed E-state index contributed by atoms with van der Waals surface area (Å²) in [4.78, 5) is 3.27. The van der Waals surface area contributed by atoms with E-state index in [0.29, 0.717) is 11.5 Å². The van der Waals surface area contributed by atoms with Gasteiger partial charge in [0.1, 0.15) is 0 Å². The van der Waals surface area contributed by atoms with Crippen LogP contribution in [0.5, 0.6) is 0 Å². The molecule has 1 aliphatic rings. The molecule has 1 aliphatic carbocycles. The van der Waals surface area contributed by atoms with Crippen LogP contribution in [0.2, 0.25) is 0 Å². The Morgan fingerprint density at radius 2 is 1.57 bits per heavy atom. The van der Waals surface area contributed by atoms with Gasteiger partial charge >= 0.3 is 0 Å². The van der Waals surface area contributed by atoms with Gasteiger partial charge in [-0.2, -0.15) is 13.8 Å². The molecule has 1 saturated carbocycles. The van der Waals surface area contributed by atoms with Crippen LogP contribution in [0, 0.1) is 17.8 Å². The molecule has 1 N–H and O–H groups in total. The van der Waals surface area contributed by atoms with E-state index < -0.39 is 11.9 Å². The largest absolute Gasteiger partial charge is 0.397 e. The van der Waals surface area contributed by atoms with E-state index in [0.717, 1.165) is 11.5 Å². The Bertz CT molecular complexity index is 694. The molecular formula is C24H33F2NO. The van der Waals surface area contributed by atoms with Gasteiger partial charge in [-0.05, 0) is 67.7 Å².